The van der Waals surface area contributed by atoms with Gasteiger partial charge in [0, 0.05) is 5.92 Å². The first-order chi connectivity index (χ1) is 9.69. The third-order valence-electron chi connectivity index (χ3n) is 5.22. The summed E-state index contributed by atoms with van der Waals surface area (Å²) in [4.78, 5) is 12.4. The van der Waals surface area contributed by atoms with Gasteiger partial charge in [0.05, 0.1) is 6.07 Å². The molecule has 0 aliphatic heterocycles. The summed E-state index contributed by atoms with van der Waals surface area (Å²) in [6, 6.07) is 2.35. The van der Waals surface area contributed by atoms with Crippen molar-refractivity contribution in [2.24, 2.45) is 11.8 Å². The molecule has 3 heteroatoms. The smallest absolute Gasteiger partial charge is 0.224 e. The number of rotatable bonds is 5. The molecule has 0 spiro atoms. The van der Waals surface area contributed by atoms with Crippen molar-refractivity contribution in [2.75, 3.05) is 0 Å². The molecule has 0 saturated heterocycles. The fraction of sp³-hybridized carbons (Fsp3) is 0.882. The summed E-state index contributed by atoms with van der Waals surface area (Å²) in [5.74, 6) is 1.12. The Labute approximate surface area is 123 Å². The Morgan fingerprint density at radius 2 is 1.90 bits per heavy atom. The Bertz CT molecular complexity index is 358. The lowest BCUT2D eigenvalue weighted by Crippen LogP contribution is -2.48. The number of hydrogen-bond acceptors (Lipinski definition) is 2. The van der Waals surface area contributed by atoms with Gasteiger partial charge in [-0.05, 0) is 57.3 Å². The molecule has 112 valence electrons. The quantitative estimate of drug-likeness (QED) is 0.827. The SMILES string of the molecule is CCCCC1CCC(C(=O)NC2(C#N)CCCC2)CC1. The molecule has 0 aromatic heterocycles. The van der Waals surface area contributed by atoms with Gasteiger partial charge in [-0.1, -0.05) is 26.2 Å². The first-order valence-electron chi connectivity index (χ1n) is 8.42. The summed E-state index contributed by atoms with van der Waals surface area (Å²) in [6.45, 7) is 2.24. The maximum absolute atomic E-state index is 12.4. The summed E-state index contributed by atoms with van der Waals surface area (Å²) < 4.78 is 0. The Balaban J connectivity index is 1.79. The van der Waals surface area contributed by atoms with E-state index in [0.717, 1.165) is 44.4 Å². The van der Waals surface area contributed by atoms with Crippen LogP contribution in [0, 0.1) is 23.2 Å². The molecule has 0 aromatic rings. The van der Waals surface area contributed by atoms with Gasteiger partial charge in [-0.3, -0.25) is 4.79 Å². The molecular formula is C17H28N2O. The van der Waals surface area contributed by atoms with Crippen molar-refractivity contribution >= 4 is 5.91 Å². The highest BCUT2D eigenvalue weighted by atomic mass is 16.2. The van der Waals surface area contributed by atoms with Crippen LogP contribution in [-0.2, 0) is 4.79 Å². The maximum Gasteiger partial charge on any atom is 0.224 e. The van der Waals surface area contributed by atoms with E-state index in [0.29, 0.717) is 0 Å². The second-order valence-electron chi connectivity index (χ2n) is 6.75. The molecule has 2 saturated carbocycles. The zero-order chi connectivity index (χ0) is 14.4. The zero-order valence-electron chi connectivity index (χ0n) is 12.8. The molecule has 0 radical (unpaired) electrons. The van der Waals surface area contributed by atoms with E-state index >= 15 is 0 Å². The minimum Gasteiger partial charge on any atom is -0.338 e. The van der Waals surface area contributed by atoms with Crippen molar-refractivity contribution in [3.05, 3.63) is 0 Å². The van der Waals surface area contributed by atoms with Crippen molar-refractivity contribution in [3.63, 3.8) is 0 Å². The molecule has 0 unspecified atom stereocenters. The van der Waals surface area contributed by atoms with E-state index in [1.807, 2.05) is 0 Å². The number of carbonyl (C=O) groups excluding carboxylic acids is 1. The lowest BCUT2D eigenvalue weighted by atomic mass is 9.79. The van der Waals surface area contributed by atoms with Crippen molar-refractivity contribution in [1.82, 2.24) is 5.32 Å². The van der Waals surface area contributed by atoms with Gasteiger partial charge in [0.2, 0.25) is 5.91 Å². The Kier molecular flexibility index (Phi) is 5.46. The molecular weight excluding hydrogens is 248 g/mol. The van der Waals surface area contributed by atoms with E-state index in [4.69, 9.17) is 0 Å². The molecule has 2 aliphatic carbocycles. The van der Waals surface area contributed by atoms with Gasteiger partial charge in [-0.15, -0.1) is 0 Å². The Hall–Kier alpha value is -1.04. The number of unbranched alkanes of at least 4 members (excludes halogenated alkanes) is 1. The molecule has 1 N–H and O–H groups in total. The summed E-state index contributed by atoms with van der Waals surface area (Å²) >= 11 is 0. The van der Waals surface area contributed by atoms with Crippen molar-refractivity contribution in [3.8, 4) is 6.07 Å². The molecule has 2 fully saturated rings. The molecule has 0 heterocycles. The third kappa shape index (κ3) is 3.75. The number of nitrogens with zero attached hydrogens (tertiary/aromatic N) is 1. The summed E-state index contributed by atoms with van der Waals surface area (Å²) in [5.41, 5.74) is -0.545. The van der Waals surface area contributed by atoms with Crippen LogP contribution in [0.1, 0.15) is 77.6 Å². The van der Waals surface area contributed by atoms with Crippen molar-refractivity contribution in [1.29, 1.82) is 5.26 Å². The van der Waals surface area contributed by atoms with Gasteiger partial charge in [0.15, 0.2) is 0 Å². The van der Waals surface area contributed by atoms with Crippen molar-refractivity contribution in [2.45, 2.75) is 83.1 Å². The van der Waals surface area contributed by atoms with Crippen LogP contribution in [0.15, 0.2) is 0 Å². The number of nitriles is 1. The molecule has 1 amide bonds. The number of nitrogens with one attached hydrogen (secondary N) is 1. The van der Waals surface area contributed by atoms with Crippen LogP contribution in [0.25, 0.3) is 0 Å². The first-order valence-corrected chi connectivity index (χ1v) is 8.42. The van der Waals surface area contributed by atoms with E-state index < -0.39 is 5.54 Å². The topological polar surface area (TPSA) is 52.9 Å². The van der Waals surface area contributed by atoms with E-state index in [1.165, 1.54) is 32.1 Å². The predicted octanol–water partition coefficient (Wildman–Crippen LogP) is 3.94. The van der Waals surface area contributed by atoms with Crippen LogP contribution in [0.2, 0.25) is 0 Å². The standard InChI is InChI=1S/C17H28N2O/c1-2-3-6-14-7-9-15(10-8-14)16(20)19-17(13-18)11-4-5-12-17/h14-15H,2-12H2,1H3,(H,19,20). The van der Waals surface area contributed by atoms with Gasteiger partial charge in [0.1, 0.15) is 5.54 Å². The second kappa shape index (κ2) is 7.11. The van der Waals surface area contributed by atoms with Crippen LogP contribution in [-0.4, -0.2) is 11.4 Å². The molecule has 0 atom stereocenters. The second-order valence-corrected chi connectivity index (χ2v) is 6.75. The van der Waals surface area contributed by atoms with E-state index in [1.54, 1.807) is 0 Å². The van der Waals surface area contributed by atoms with Gasteiger partial charge in [-0.2, -0.15) is 5.26 Å². The van der Waals surface area contributed by atoms with Gasteiger partial charge >= 0.3 is 0 Å². The molecule has 0 aromatic carbocycles. The average Bonchev–Trinajstić information content (AvgIpc) is 2.94. The monoisotopic (exact) mass is 276 g/mol. The highest BCUT2D eigenvalue weighted by Crippen LogP contribution is 2.34. The first kappa shape index (κ1) is 15.4. The van der Waals surface area contributed by atoms with Crippen molar-refractivity contribution < 1.29 is 4.79 Å². The molecule has 0 bridgehead atoms. The van der Waals surface area contributed by atoms with Gasteiger partial charge < -0.3 is 5.32 Å². The van der Waals surface area contributed by atoms with E-state index in [-0.39, 0.29) is 11.8 Å². The van der Waals surface area contributed by atoms with Crippen LogP contribution in [0.5, 0.6) is 0 Å². The lowest BCUT2D eigenvalue weighted by molar-refractivity contribution is -0.127. The summed E-state index contributed by atoms with van der Waals surface area (Å²) in [7, 11) is 0. The van der Waals surface area contributed by atoms with E-state index in [2.05, 4.69) is 18.3 Å². The van der Waals surface area contributed by atoms with Crippen LogP contribution < -0.4 is 5.32 Å². The van der Waals surface area contributed by atoms with Gasteiger partial charge in [0.25, 0.3) is 0 Å². The van der Waals surface area contributed by atoms with Crippen LogP contribution >= 0.6 is 0 Å². The number of hydrogen-bond donors (Lipinski definition) is 1. The summed E-state index contributed by atoms with van der Waals surface area (Å²) in [6.07, 6.45) is 12.1. The van der Waals surface area contributed by atoms with Gasteiger partial charge in [-0.25, -0.2) is 0 Å². The molecule has 20 heavy (non-hydrogen) atoms. The third-order valence-corrected chi connectivity index (χ3v) is 5.22. The molecule has 3 nitrogen and oxygen atoms in total. The fourth-order valence-corrected chi connectivity index (χ4v) is 3.79. The zero-order valence-corrected chi connectivity index (χ0v) is 12.8. The fourth-order valence-electron chi connectivity index (χ4n) is 3.79. The number of amides is 1. The highest BCUT2D eigenvalue weighted by molar-refractivity contribution is 5.80. The lowest BCUT2D eigenvalue weighted by Gasteiger charge is -2.30. The average molecular weight is 276 g/mol. The largest absolute Gasteiger partial charge is 0.338 e. The van der Waals surface area contributed by atoms with Crippen LogP contribution in [0.3, 0.4) is 0 Å². The Morgan fingerprint density at radius 3 is 2.45 bits per heavy atom. The normalized spacial score (nSPS) is 28.8. The van der Waals surface area contributed by atoms with Crippen LogP contribution in [0.4, 0.5) is 0 Å². The predicted molar refractivity (Wildman–Crippen MR) is 79.9 cm³/mol. The maximum atomic E-state index is 12.4. The van der Waals surface area contributed by atoms with E-state index in [9.17, 15) is 10.1 Å². The minimum atomic E-state index is -0.545. The highest BCUT2D eigenvalue weighted by Gasteiger charge is 2.37. The minimum absolute atomic E-state index is 0.141. The Morgan fingerprint density at radius 1 is 1.25 bits per heavy atom. The molecule has 2 aliphatic rings. The number of carbonyl (C=O) groups is 1. The summed E-state index contributed by atoms with van der Waals surface area (Å²) in [5, 5.41) is 12.4. The molecule has 2 rings (SSSR count).